The molecule has 2 N–H and O–H groups in total. The van der Waals surface area contributed by atoms with E-state index in [1.54, 1.807) is 18.1 Å². The van der Waals surface area contributed by atoms with Gasteiger partial charge in [-0.05, 0) is 42.0 Å². The van der Waals surface area contributed by atoms with Crippen molar-refractivity contribution in [3.05, 3.63) is 76.1 Å². The summed E-state index contributed by atoms with van der Waals surface area (Å²) < 4.78 is 11.0. The highest BCUT2D eigenvalue weighted by Crippen LogP contribution is 2.20. The number of amides is 2. The first-order chi connectivity index (χ1) is 15.1. The average molecular weight is 421 g/mol. The van der Waals surface area contributed by atoms with Crippen LogP contribution in [0.5, 0.6) is 5.75 Å². The molecular formula is C24H27N3O4. The molecule has 1 atom stereocenters. The van der Waals surface area contributed by atoms with Gasteiger partial charge in [0.2, 0.25) is 0 Å². The molecule has 1 unspecified atom stereocenters. The maximum Gasteiger partial charge on any atom is 0.318 e. The fourth-order valence-electron chi connectivity index (χ4n) is 3.81. The van der Waals surface area contributed by atoms with Gasteiger partial charge in [-0.2, -0.15) is 0 Å². The van der Waals surface area contributed by atoms with Crippen molar-refractivity contribution in [2.75, 3.05) is 20.3 Å². The molecule has 0 spiro atoms. The quantitative estimate of drug-likeness (QED) is 0.612. The van der Waals surface area contributed by atoms with Crippen LogP contribution in [0.25, 0.3) is 10.9 Å². The smallest absolute Gasteiger partial charge is 0.318 e. The van der Waals surface area contributed by atoms with Crippen LogP contribution in [-0.4, -0.2) is 42.3 Å². The molecule has 7 heteroatoms. The molecular weight excluding hydrogens is 394 g/mol. The van der Waals surface area contributed by atoms with E-state index in [9.17, 15) is 9.59 Å². The fourth-order valence-corrected chi connectivity index (χ4v) is 3.81. The third kappa shape index (κ3) is 5.24. The Balaban J connectivity index is 1.54. The molecule has 0 bridgehead atoms. The number of H-pyrrole nitrogens is 1. The topological polar surface area (TPSA) is 83.7 Å². The van der Waals surface area contributed by atoms with Crippen LogP contribution < -0.4 is 15.6 Å². The van der Waals surface area contributed by atoms with Crippen LogP contribution in [-0.2, 0) is 17.8 Å². The zero-order valence-corrected chi connectivity index (χ0v) is 17.6. The molecule has 3 aromatic rings. The number of urea groups is 1. The van der Waals surface area contributed by atoms with Crippen molar-refractivity contribution in [1.82, 2.24) is 15.2 Å². The van der Waals surface area contributed by atoms with Gasteiger partial charge < -0.3 is 24.7 Å². The number of aromatic amines is 1. The number of pyridine rings is 1. The van der Waals surface area contributed by atoms with E-state index in [-0.39, 0.29) is 24.2 Å². The molecule has 1 fully saturated rings. The first-order valence-electron chi connectivity index (χ1n) is 10.5. The second-order valence-corrected chi connectivity index (χ2v) is 7.74. The van der Waals surface area contributed by atoms with Gasteiger partial charge >= 0.3 is 6.03 Å². The van der Waals surface area contributed by atoms with Crippen LogP contribution in [0, 0.1) is 0 Å². The third-order valence-corrected chi connectivity index (χ3v) is 5.51. The standard InChI is InChI=1S/C24H27N3O4/c1-30-20-10-9-18-12-19(23(28)26-22(18)13-20)15-27(16-21-8-5-11-31-21)24(29)25-14-17-6-3-2-4-7-17/h2-4,6-7,9-10,12-13,21H,5,8,11,14-16H2,1H3,(H,25,29)(H,26,28). The zero-order chi connectivity index (χ0) is 21.6. The highest BCUT2D eigenvalue weighted by atomic mass is 16.5. The minimum Gasteiger partial charge on any atom is -0.497 e. The average Bonchev–Trinajstić information content (AvgIpc) is 3.31. The zero-order valence-electron chi connectivity index (χ0n) is 17.6. The SMILES string of the molecule is COc1ccc2cc(CN(CC3CCCO3)C(=O)NCc3ccccc3)c(=O)[nH]c2c1. The lowest BCUT2D eigenvalue weighted by atomic mass is 10.1. The number of hydrogen-bond donors (Lipinski definition) is 2. The second kappa shape index (κ2) is 9.66. The number of nitrogens with one attached hydrogen (secondary N) is 2. The highest BCUT2D eigenvalue weighted by molar-refractivity contribution is 5.80. The molecule has 0 aliphatic carbocycles. The van der Waals surface area contributed by atoms with Gasteiger partial charge in [0.15, 0.2) is 0 Å². The van der Waals surface area contributed by atoms with Crippen molar-refractivity contribution >= 4 is 16.9 Å². The Morgan fingerprint density at radius 3 is 2.81 bits per heavy atom. The number of carbonyl (C=O) groups is 1. The molecule has 4 rings (SSSR count). The maximum absolute atomic E-state index is 13.0. The minimum absolute atomic E-state index is 0.00808. The van der Waals surface area contributed by atoms with E-state index >= 15 is 0 Å². The van der Waals surface area contributed by atoms with E-state index in [0.717, 1.165) is 23.8 Å². The Bertz CT molecular complexity index is 1090. The van der Waals surface area contributed by atoms with E-state index in [4.69, 9.17) is 9.47 Å². The summed E-state index contributed by atoms with van der Waals surface area (Å²) in [5.74, 6) is 0.677. The van der Waals surface area contributed by atoms with Crippen LogP contribution in [0.3, 0.4) is 0 Å². The van der Waals surface area contributed by atoms with Crippen molar-refractivity contribution in [2.45, 2.75) is 32.0 Å². The van der Waals surface area contributed by atoms with Crippen LogP contribution in [0.1, 0.15) is 24.0 Å². The lowest BCUT2D eigenvalue weighted by molar-refractivity contribution is 0.0793. The molecule has 162 valence electrons. The van der Waals surface area contributed by atoms with Crippen molar-refractivity contribution in [2.24, 2.45) is 0 Å². The molecule has 0 radical (unpaired) electrons. The number of fused-ring (bicyclic) bond motifs is 1. The molecule has 31 heavy (non-hydrogen) atoms. The summed E-state index contributed by atoms with van der Waals surface area (Å²) in [6.07, 6.45) is 1.89. The molecule has 2 amide bonds. The van der Waals surface area contributed by atoms with Gasteiger partial charge in [0.25, 0.3) is 5.56 Å². The van der Waals surface area contributed by atoms with E-state index in [0.29, 0.717) is 36.5 Å². The highest BCUT2D eigenvalue weighted by Gasteiger charge is 2.23. The van der Waals surface area contributed by atoms with E-state index in [1.165, 1.54) is 0 Å². The monoisotopic (exact) mass is 421 g/mol. The number of benzene rings is 2. The summed E-state index contributed by atoms with van der Waals surface area (Å²) in [5.41, 5.74) is 2.04. The first-order valence-corrected chi connectivity index (χ1v) is 10.5. The van der Waals surface area contributed by atoms with Gasteiger partial charge in [0, 0.05) is 31.3 Å². The van der Waals surface area contributed by atoms with Crippen molar-refractivity contribution in [3.8, 4) is 5.75 Å². The number of rotatable bonds is 7. The first kappa shape index (κ1) is 20.9. The van der Waals surface area contributed by atoms with Gasteiger partial charge in [-0.25, -0.2) is 4.79 Å². The number of hydrogen-bond acceptors (Lipinski definition) is 4. The summed E-state index contributed by atoms with van der Waals surface area (Å²) >= 11 is 0. The van der Waals surface area contributed by atoms with Gasteiger partial charge in [0.1, 0.15) is 5.75 Å². The Labute approximate surface area is 181 Å². The predicted molar refractivity (Wildman–Crippen MR) is 119 cm³/mol. The maximum atomic E-state index is 13.0. The van der Waals surface area contributed by atoms with E-state index in [1.807, 2.05) is 48.5 Å². The molecule has 2 heterocycles. The summed E-state index contributed by atoms with van der Waals surface area (Å²) in [6.45, 7) is 1.79. The fraction of sp³-hybridized carbons (Fsp3) is 0.333. The number of carbonyl (C=O) groups excluding carboxylic acids is 1. The molecule has 2 aromatic carbocycles. The summed E-state index contributed by atoms with van der Waals surface area (Å²) in [6, 6.07) is 16.9. The van der Waals surface area contributed by atoms with Crippen molar-refractivity contribution in [1.29, 1.82) is 0 Å². The van der Waals surface area contributed by atoms with Crippen molar-refractivity contribution < 1.29 is 14.3 Å². The summed E-state index contributed by atoms with van der Waals surface area (Å²) in [4.78, 5) is 30.3. The van der Waals surface area contributed by atoms with Gasteiger partial charge in [0.05, 0.1) is 25.3 Å². The summed E-state index contributed by atoms with van der Waals surface area (Å²) in [5, 5.41) is 3.85. The van der Waals surface area contributed by atoms with Gasteiger partial charge in [-0.1, -0.05) is 30.3 Å². The molecule has 7 nitrogen and oxygen atoms in total. The Morgan fingerprint density at radius 2 is 2.06 bits per heavy atom. The molecule has 1 aliphatic rings. The molecule has 1 aliphatic heterocycles. The second-order valence-electron chi connectivity index (χ2n) is 7.74. The lowest BCUT2D eigenvalue weighted by Crippen LogP contribution is -2.43. The third-order valence-electron chi connectivity index (χ3n) is 5.51. The van der Waals surface area contributed by atoms with Crippen LogP contribution in [0.2, 0.25) is 0 Å². The lowest BCUT2D eigenvalue weighted by Gasteiger charge is -2.26. The number of aromatic nitrogens is 1. The minimum atomic E-state index is -0.214. The largest absolute Gasteiger partial charge is 0.497 e. The Kier molecular flexibility index (Phi) is 6.52. The van der Waals surface area contributed by atoms with Crippen LogP contribution >= 0.6 is 0 Å². The predicted octanol–water partition coefficient (Wildman–Crippen LogP) is 3.43. The molecule has 1 saturated heterocycles. The van der Waals surface area contributed by atoms with Gasteiger partial charge in [-0.15, -0.1) is 0 Å². The summed E-state index contributed by atoms with van der Waals surface area (Å²) in [7, 11) is 1.59. The number of ether oxygens (including phenoxy) is 2. The van der Waals surface area contributed by atoms with Gasteiger partial charge in [-0.3, -0.25) is 4.79 Å². The molecule has 1 aromatic heterocycles. The van der Waals surface area contributed by atoms with Crippen LogP contribution in [0.15, 0.2) is 59.4 Å². The Morgan fingerprint density at radius 1 is 1.23 bits per heavy atom. The number of nitrogens with zero attached hydrogens (tertiary/aromatic N) is 1. The van der Waals surface area contributed by atoms with E-state index in [2.05, 4.69) is 10.3 Å². The Hall–Kier alpha value is -3.32. The number of methoxy groups -OCH3 is 1. The molecule has 0 saturated carbocycles. The van der Waals surface area contributed by atoms with E-state index < -0.39 is 0 Å². The van der Waals surface area contributed by atoms with Crippen molar-refractivity contribution in [3.63, 3.8) is 0 Å². The normalized spacial score (nSPS) is 15.7. The van der Waals surface area contributed by atoms with Crippen LogP contribution in [0.4, 0.5) is 4.79 Å².